The molecule has 0 aliphatic carbocycles. The van der Waals surface area contributed by atoms with Crippen molar-refractivity contribution >= 4 is 5.91 Å². The van der Waals surface area contributed by atoms with E-state index in [0.717, 1.165) is 28.3 Å². The van der Waals surface area contributed by atoms with Crippen molar-refractivity contribution in [1.29, 1.82) is 0 Å². The van der Waals surface area contributed by atoms with Gasteiger partial charge in [-0.15, -0.1) is 0 Å². The molecule has 3 N–H and O–H groups in total. The van der Waals surface area contributed by atoms with Crippen LogP contribution in [0.15, 0.2) is 40.9 Å². The Bertz CT molecular complexity index is 948. The van der Waals surface area contributed by atoms with Crippen LogP contribution >= 0.6 is 0 Å². The van der Waals surface area contributed by atoms with Crippen molar-refractivity contribution in [2.45, 2.75) is 26.9 Å². The number of hydrogen-bond donors (Lipinski definition) is 3. The SMILES string of the molecule is CCNC(=O)COc1ccc(CNCc2cn[nH]c2-c2ccc(C)o2)cc1OC. The number of ether oxygens (including phenoxy) is 2. The molecule has 29 heavy (non-hydrogen) atoms. The first kappa shape index (κ1) is 20.5. The number of benzene rings is 1. The number of likely N-dealkylation sites (N-methyl/N-ethyl adjacent to an activating group) is 1. The number of carbonyl (C=O) groups excluding carboxylic acids is 1. The molecule has 2 heterocycles. The van der Waals surface area contributed by atoms with Crippen LogP contribution in [0.3, 0.4) is 0 Å². The zero-order valence-electron chi connectivity index (χ0n) is 16.9. The molecule has 154 valence electrons. The molecule has 0 saturated heterocycles. The summed E-state index contributed by atoms with van der Waals surface area (Å²) in [6.07, 6.45) is 1.79. The van der Waals surface area contributed by atoms with Crippen LogP contribution in [0.25, 0.3) is 11.5 Å². The number of nitrogens with zero attached hydrogens (tertiary/aromatic N) is 1. The van der Waals surface area contributed by atoms with E-state index in [-0.39, 0.29) is 12.5 Å². The summed E-state index contributed by atoms with van der Waals surface area (Å²) in [4.78, 5) is 11.6. The van der Waals surface area contributed by atoms with E-state index in [4.69, 9.17) is 13.9 Å². The highest BCUT2D eigenvalue weighted by Crippen LogP contribution is 2.28. The first-order valence-corrected chi connectivity index (χ1v) is 9.47. The Hall–Kier alpha value is -3.26. The van der Waals surface area contributed by atoms with Gasteiger partial charge in [0.1, 0.15) is 11.5 Å². The maximum absolute atomic E-state index is 11.6. The third-order valence-electron chi connectivity index (χ3n) is 4.31. The number of aromatic nitrogens is 2. The molecule has 0 atom stereocenters. The summed E-state index contributed by atoms with van der Waals surface area (Å²) in [6, 6.07) is 9.50. The van der Waals surface area contributed by atoms with Gasteiger partial charge in [-0.3, -0.25) is 9.89 Å². The van der Waals surface area contributed by atoms with E-state index in [2.05, 4.69) is 20.8 Å². The third kappa shape index (κ3) is 5.39. The van der Waals surface area contributed by atoms with E-state index < -0.39 is 0 Å². The molecule has 1 amide bonds. The number of aryl methyl sites for hydroxylation is 1. The van der Waals surface area contributed by atoms with Crippen LogP contribution < -0.4 is 20.1 Å². The minimum atomic E-state index is -0.164. The molecule has 1 aromatic carbocycles. The molecule has 8 heteroatoms. The summed E-state index contributed by atoms with van der Waals surface area (Å²) in [5.74, 6) is 2.58. The fraction of sp³-hybridized carbons (Fsp3) is 0.333. The quantitative estimate of drug-likeness (QED) is 0.485. The molecule has 0 radical (unpaired) electrons. The number of furan rings is 1. The Morgan fingerprint density at radius 1 is 1.21 bits per heavy atom. The third-order valence-corrected chi connectivity index (χ3v) is 4.31. The maximum atomic E-state index is 11.6. The van der Waals surface area contributed by atoms with E-state index in [9.17, 15) is 4.79 Å². The average molecular weight is 398 g/mol. The largest absolute Gasteiger partial charge is 0.493 e. The van der Waals surface area contributed by atoms with Crippen LogP contribution in [0.5, 0.6) is 11.5 Å². The Kier molecular flexibility index (Phi) is 6.91. The summed E-state index contributed by atoms with van der Waals surface area (Å²) < 4.78 is 16.6. The monoisotopic (exact) mass is 398 g/mol. The lowest BCUT2D eigenvalue weighted by Gasteiger charge is -2.12. The molecule has 0 aliphatic heterocycles. The summed E-state index contributed by atoms with van der Waals surface area (Å²) in [7, 11) is 1.58. The van der Waals surface area contributed by atoms with Crippen LogP contribution in [0.2, 0.25) is 0 Å². The van der Waals surface area contributed by atoms with E-state index >= 15 is 0 Å². The lowest BCUT2D eigenvalue weighted by molar-refractivity contribution is -0.123. The van der Waals surface area contributed by atoms with Gasteiger partial charge in [0, 0.05) is 25.2 Å². The number of hydrogen-bond acceptors (Lipinski definition) is 6. The van der Waals surface area contributed by atoms with Gasteiger partial charge in [-0.1, -0.05) is 6.07 Å². The maximum Gasteiger partial charge on any atom is 0.257 e. The van der Waals surface area contributed by atoms with E-state index in [1.54, 1.807) is 13.3 Å². The van der Waals surface area contributed by atoms with Crippen LogP contribution in [-0.4, -0.2) is 36.4 Å². The molecule has 3 rings (SSSR count). The fourth-order valence-corrected chi connectivity index (χ4v) is 2.90. The summed E-state index contributed by atoms with van der Waals surface area (Å²) >= 11 is 0. The summed E-state index contributed by atoms with van der Waals surface area (Å²) in [6.45, 7) is 5.56. The number of H-pyrrole nitrogens is 1. The van der Waals surface area contributed by atoms with Gasteiger partial charge >= 0.3 is 0 Å². The highest BCUT2D eigenvalue weighted by atomic mass is 16.5. The van der Waals surface area contributed by atoms with Crippen molar-refractivity contribution in [1.82, 2.24) is 20.8 Å². The second-order valence-corrected chi connectivity index (χ2v) is 6.51. The van der Waals surface area contributed by atoms with Gasteiger partial charge in [-0.05, 0) is 43.7 Å². The van der Waals surface area contributed by atoms with Crippen LogP contribution in [0.4, 0.5) is 0 Å². The highest BCUT2D eigenvalue weighted by molar-refractivity contribution is 5.77. The predicted molar refractivity (Wildman–Crippen MR) is 109 cm³/mol. The minimum absolute atomic E-state index is 0.0443. The highest BCUT2D eigenvalue weighted by Gasteiger charge is 2.12. The van der Waals surface area contributed by atoms with Gasteiger partial charge in [0.25, 0.3) is 5.91 Å². The van der Waals surface area contributed by atoms with E-state index in [1.165, 1.54) is 0 Å². The van der Waals surface area contributed by atoms with Crippen molar-refractivity contribution in [3.05, 3.63) is 53.4 Å². The molecule has 2 aromatic heterocycles. The second kappa shape index (κ2) is 9.79. The molecule has 0 aliphatic rings. The lowest BCUT2D eigenvalue weighted by atomic mass is 10.1. The first-order valence-electron chi connectivity index (χ1n) is 9.47. The fourth-order valence-electron chi connectivity index (χ4n) is 2.90. The first-order chi connectivity index (χ1) is 14.1. The topological polar surface area (TPSA) is 101 Å². The Morgan fingerprint density at radius 3 is 2.79 bits per heavy atom. The zero-order chi connectivity index (χ0) is 20.6. The molecule has 0 spiro atoms. The Labute approximate surface area is 169 Å². The standard InChI is InChI=1S/C21H26N4O4/c1-4-23-20(26)13-28-17-8-6-15(9-19(17)27-3)10-22-11-16-12-24-25-21(16)18-7-5-14(2)29-18/h5-9,12,22H,4,10-11,13H2,1-3H3,(H,23,26)(H,24,25). The summed E-state index contributed by atoms with van der Waals surface area (Å²) in [5, 5.41) is 13.2. The van der Waals surface area contributed by atoms with Crippen LogP contribution in [0.1, 0.15) is 23.8 Å². The molecule has 3 aromatic rings. The van der Waals surface area contributed by atoms with Gasteiger partial charge in [-0.25, -0.2) is 0 Å². The average Bonchev–Trinajstić information content (AvgIpc) is 3.35. The molecule has 0 saturated carbocycles. The van der Waals surface area contributed by atoms with E-state index in [0.29, 0.717) is 31.1 Å². The normalized spacial score (nSPS) is 10.7. The Balaban J connectivity index is 1.57. The number of nitrogens with one attached hydrogen (secondary N) is 3. The lowest BCUT2D eigenvalue weighted by Crippen LogP contribution is -2.28. The van der Waals surface area contributed by atoms with Gasteiger partial charge < -0.3 is 24.5 Å². The van der Waals surface area contributed by atoms with Crippen molar-refractivity contribution in [3.8, 4) is 23.0 Å². The van der Waals surface area contributed by atoms with Gasteiger partial charge in [-0.2, -0.15) is 5.10 Å². The van der Waals surface area contributed by atoms with Crippen molar-refractivity contribution < 1.29 is 18.7 Å². The minimum Gasteiger partial charge on any atom is -0.493 e. The molecular formula is C21H26N4O4. The summed E-state index contributed by atoms with van der Waals surface area (Å²) in [5.41, 5.74) is 2.93. The second-order valence-electron chi connectivity index (χ2n) is 6.51. The van der Waals surface area contributed by atoms with Gasteiger partial charge in [0.2, 0.25) is 0 Å². The van der Waals surface area contributed by atoms with Crippen molar-refractivity contribution in [3.63, 3.8) is 0 Å². The Morgan fingerprint density at radius 2 is 2.07 bits per heavy atom. The number of rotatable bonds is 10. The predicted octanol–water partition coefficient (Wildman–Crippen LogP) is 2.79. The van der Waals surface area contributed by atoms with E-state index in [1.807, 2.05) is 44.2 Å². The van der Waals surface area contributed by atoms with Crippen LogP contribution in [0, 0.1) is 6.92 Å². The molecular weight excluding hydrogens is 372 g/mol. The number of amides is 1. The number of carbonyl (C=O) groups is 1. The van der Waals surface area contributed by atoms with Gasteiger partial charge in [0.15, 0.2) is 23.9 Å². The number of aromatic amines is 1. The van der Waals surface area contributed by atoms with Gasteiger partial charge in [0.05, 0.1) is 13.3 Å². The number of methoxy groups -OCH3 is 1. The molecule has 0 fully saturated rings. The molecule has 0 unspecified atom stereocenters. The smallest absolute Gasteiger partial charge is 0.257 e. The van der Waals surface area contributed by atoms with Crippen molar-refractivity contribution in [2.24, 2.45) is 0 Å². The molecule has 0 bridgehead atoms. The van der Waals surface area contributed by atoms with Crippen molar-refractivity contribution in [2.75, 3.05) is 20.3 Å². The molecule has 8 nitrogen and oxygen atoms in total. The zero-order valence-corrected chi connectivity index (χ0v) is 16.9. The van der Waals surface area contributed by atoms with Crippen LogP contribution in [-0.2, 0) is 17.9 Å².